The van der Waals surface area contributed by atoms with Crippen molar-refractivity contribution >= 4 is 5.91 Å². The number of ether oxygens (including phenoxy) is 1. The standard InChI is InChI=1S/C20H25N5O2/c1-27-9-7-22-20(26)18-12-23-24-19(18)17-6-3-8-25(14-17)13-16-5-2-4-15(10-16)11-21/h2,4-5,10,12,17H,3,6-9,13-14H2,1H3,(H,22,26)(H,23,24). The fourth-order valence-electron chi connectivity index (χ4n) is 3.58. The zero-order chi connectivity index (χ0) is 19.1. The summed E-state index contributed by atoms with van der Waals surface area (Å²) in [6.07, 6.45) is 3.69. The lowest BCUT2D eigenvalue weighted by Gasteiger charge is -2.32. The Bertz CT molecular complexity index is 811. The highest BCUT2D eigenvalue weighted by Gasteiger charge is 2.26. The maximum Gasteiger partial charge on any atom is 0.254 e. The maximum atomic E-state index is 12.4. The number of benzene rings is 1. The first kappa shape index (κ1) is 19.1. The predicted molar refractivity (Wildman–Crippen MR) is 101 cm³/mol. The first-order valence-electron chi connectivity index (χ1n) is 9.23. The van der Waals surface area contributed by atoms with E-state index in [1.807, 2.05) is 18.2 Å². The molecule has 7 nitrogen and oxygen atoms in total. The van der Waals surface area contributed by atoms with E-state index in [4.69, 9.17) is 10.00 Å². The Kier molecular flexibility index (Phi) is 6.58. The number of carbonyl (C=O) groups is 1. The number of amides is 1. The number of piperidine rings is 1. The summed E-state index contributed by atoms with van der Waals surface area (Å²) >= 11 is 0. The third kappa shape index (κ3) is 4.94. The quantitative estimate of drug-likeness (QED) is 0.731. The van der Waals surface area contributed by atoms with Crippen LogP contribution in [0.2, 0.25) is 0 Å². The average Bonchev–Trinajstić information content (AvgIpc) is 3.18. The van der Waals surface area contributed by atoms with Gasteiger partial charge in [0.2, 0.25) is 0 Å². The van der Waals surface area contributed by atoms with Crippen molar-refractivity contribution in [1.82, 2.24) is 20.4 Å². The fourth-order valence-corrected chi connectivity index (χ4v) is 3.58. The van der Waals surface area contributed by atoms with Gasteiger partial charge in [0.1, 0.15) is 0 Å². The number of H-pyrrole nitrogens is 1. The number of rotatable bonds is 7. The molecule has 1 atom stereocenters. The molecule has 1 unspecified atom stereocenters. The molecule has 1 amide bonds. The summed E-state index contributed by atoms with van der Waals surface area (Å²) < 4.78 is 4.98. The smallest absolute Gasteiger partial charge is 0.254 e. The highest BCUT2D eigenvalue weighted by molar-refractivity contribution is 5.95. The third-order valence-electron chi connectivity index (χ3n) is 4.88. The van der Waals surface area contributed by atoms with E-state index in [0.29, 0.717) is 24.3 Å². The largest absolute Gasteiger partial charge is 0.383 e. The van der Waals surface area contributed by atoms with Gasteiger partial charge in [0.15, 0.2) is 0 Å². The van der Waals surface area contributed by atoms with Gasteiger partial charge >= 0.3 is 0 Å². The van der Waals surface area contributed by atoms with Crippen LogP contribution in [0, 0.1) is 11.3 Å². The Labute approximate surface area is 159 Å². The molecule has 2 aromatic rings. The monoisotopic (exact) mass is 367 g/mol. The van der Waals surface area contributed by atoms with Gasteiger partial charge in [-0.3, -0.25) is 14.8 Å². The van der Waals surface area contributed by atoms with Crippen LogP contribution in [0.4, 0.5) is 0 Å². The number of likely N-dealkylation sites (tertiary alicyclic amines) is 1. The van der Waals surface area contributed by atoms with Crippen LogP contribution in [-0.4, -0.2) is 54.4 Å². The van der Waals surface area contributed by atoms with Crippen LogP contribution in [0.3, 0.4) is 0 Å². The number of nitrogens with zero attached hydrogens (tertiary/aromatic N) is 3. The number of hydrogen-bond acceptors (Lipinski definition) is 5. The van der Waals surface area contributed by atoms with Gasteiger partial charge in [-0.2, -0.15) is 10.4 Å². The number of carbonyl (C=O) groups excluding carboxylic acids is 1. The lowest BCUT2D eigenvalue weighted by molar-refractivity contribution is 0.0934. The Morgan fingerprint density at radius 1 is 1.52 bits per heavy atom. The van der Waals surface area contributed by atoms with Crippen molar-refractivity contribution in [3.8, 4) is 6.07 Å². The van der Waals surface area contributed by atoms with E-state index in [9.17, 15) is 4.79 Å². The van der Waals surface area contributed by atoms with E-state index >= 15 is 0 Å². The zero-order valence-corrected chi connectivity index (χ0v) is 15.6. The van der Waals surface area contributed by atoms with Crippen LogP contribution < -0.4 is 5.32 Å². The van der Waals surface area contributed by atoms with E-state index < -0.39 is 0 Å². The summed E-state index contributed by atoms with van der Waals surface area (Å²) in [6, 6.07) is 9.93. The molecule has 0 aliphatic carbocycles. The van der Waals surface area contributed by atoms with Crippen molar-refractivity contribution in [3.63, 3.8) is 0 Å². The van der Waals surface area contributed by atoms with Gasteiger partial charge in [-0.15, -0.1) is 0 Å². The van der Waals surface area contributed by atoms with Crippen molar-refractivity contribution in [2.24, 2.45) is 0 Å². The fraction of sp³-hybridized carbons (Fsp3) is 0.450. The van der Waals surface area contributed by atoms with Crippen molar-refractivity contribution in [2.75, 3.05) is 33.4 Å². The Hall–Kier alpha value is -2.69. The topological polar surface area (TPSA) is 94.0 Å². The normalized spacial score (nSPS) is 17.4. The zero-order valence-electron chi connectivity index (χ0n) is 15.6. The van der Waals surface area contributed by atoms with Gasteiger partial charge in [0.05, 0.1) is 35.7 Å². The van der Waals surface area contributed by atoms with E-state index in [-0.39, 0.29) is 11.8 Å². The summed E-state index contributed by atoms with van der Waals surface area (Å²) in [5.41, 5.74) is 3.34. The van der Waals surface area contributed by atoms with Gasteiger partial charge in [-0.1, -0.05) is 12.1 Å². The van der Waals surface area contributed by atoms with Crippen LogP contribution in [-0.2, 0) is 11.3 Å². The molecular weight excluding hydrogens is 342 g/mol. The van der Waals surface area contributed by atoms with E-state index in [2.05, 4.69) is 32.5 Å². The molecule has 3 rings (SSSR count). The molecule has 2 N–H and O–H groups in total. The van der Waals surface area contributed by atoms with Crippen LogP contribution in [0.1, 0.15) is 45.9 Å². The minimum Gasteiger partial charge on any atom is -0.383 e. The second-order valence-electron chi connectivity index (χ2n) is 6.83. The summed E-state index contributed by atoms with van der Waals surface area (Å²) in [5, 5.41) is 19.1. The molecule has 1 saturated heterocycles. The summed E-state index contributed by atoms with van der Waals surface area (Å²) in [4.78, 5) is 14.8. The van der Waals surface area contributed by atoms with Crippen LogP contribution in [0.25, 0.3) is 0 Å². The Morgan fingerprint density at radius 2 is 2.41 bits per heavy atom. The van der Waals surface area contributed by atoms with E-state index in [1.165, 1.54) is 0 Å². The van der Waals surface area contributed by atoms with Gasteiger partial charge in [-0.25, -0.2) is 0 Å². The van der Waals surface area contributed by atoms with Gasteiger partial charge < -0.3 is 10.1 Å². The number of aromatic amines is 1. The molecule has 1 aromatic heterocycles. The number of methoxy groups -OCH3 is 1. The lowest BCUT2D eigenvalue weighted by atomic mass is 9.92. The molecule has 1 fully saturated rings. The first-order valence-corrected chi connectivity index (χ1v) is 9.23. The molecule has 1 aliphatic heterocycles. The molecular formula is C20H25N5O2. The highest BCUT2D eigenvalue weighted by Crippen LogP contribution is 2.28. The second-order valence-corrected chi connectivity index (χ2v) is 6.83. The number of hydrogen-bond donors (Lipinski definition) is 2. The molecule has 0 radical (unpaired) electrons. The average molecular weight is 367 g/mol. The number of nitrogens with one attached hydrogen (secondary N) is 2. The highest BCUT2D eigenvalue weighted by atomic mass is 16.5. The van der Waals surface area contributed by atoms with Gasteiger partial charge in [0.25, 0.3) is 5.91 Å². The van der Waals surface area contributed by atoms with Gasteiger partial charge in [0, 0.05) is 32.7 Å². The third-order valence-corrected chi connectivity index (χ3v) is 4.88. The Morgan fingerprint density at radius 3 is 3.22 bits per heavy atom. The molecule has 7 heteroatoms. The van der Waals surface area contributed by atoms with E-state index in [0.717, 1.165) is 43.7 Å². The maximum absolute atomic E-state index is 12.4. The summed E-state index contributed by atoms with van der Waals surface area (Å²) in [7, 11) is 1.61. The molecule has 2 heterocycles. The molecule has 0 bridgehead atoms. The number of nitriles is 1. The van der Waals surface area contributed by atoms with Crippen molar-refractivity contribution in [1.29, 1.82) is 5.26 Å². The number of aromatic nitrogens is 2. The predicted octanol–water partition coefficient (Wildman–Crippen LogP) is 2.04. The van der Waals surface area contributed by atoms with Crippen molar-refractivity contribution in [2.45, 2.75) is 25.3 Å². The first-order chi connectivity index (χ1) is 13.2. The van der Waals surface area contributed by atoms with Crippen LogP contribution in [0.5, 0.6) is 0 Å². The lowest BCUT2D eigenvalue weighted by Crippen LogP contribution is -2.35. The SMILES string of the molecule is COCCNC(=O)c1cn[nH]c1C1CCCN(Cc2cccc(C#N)c2)C1. The second kappa shape index (κ2) is 9.31. The molecule has 27 heavy (non-hydrogen) atoms. The minimum atomic E-state index is -0.116. The molecule has 0 saturated carbocycles. The Balaban J connectivity index is 1.65. The van der Waals surface area contributed by atoms with Crippen molar-refractivity contribution < 1.29 is 9.53 Å². The summed E-state index contributed by atoms with van der Waals surface area (Å²) in [5.74, 6) is 0.123. The minimum absolute atomic E-state index is 0.116. The molecule has 0 spiro atoms. The van der Waals surface area contributed by atoms with Gasteiger partial charge in [-0.05, 0) is 37.1 Å². The molecule has 142 valence electrons. The van der Waals surface area contributed by atoms with Crippen LogP contribution in [0.15, 0.2) is 30.5 Å². The summed E-state index contributed by atoms with van der Waals surface area (Å²) in [6.45, 7) is 3.63. The molecule has 1 aliphatic rings. The van der Waals surface area contributed by atoms with Crippen molar-refractivity contribution in [3.05, 3.63) is 52.8 Å². The molecule has 1 aromatic carbocycles. The van der Waals surface area contributed by atoms with Crippen LogP contribution >= 0.6 is 0 Å². The van der Waals surface area contributed by atoms with E-state index in [1.54, 1.807) is 13.3 Å².